The molecule has 1 aromatic carbocycles. The number of aromatic nitrogens is 1. The van der Waals surface area contributed by atoms with Crippen LogP contribution in [0.1, 0.15) is 31.4 Å². The van der Waals surface area contributed by atoms with E-state index in [0.29, 0.717) is 25.9 Å². The molecule has 1 aromatic heterocycles. The lowest BCUT2D eigenvalue weighted by molar-refractivity contribution is -0.135. The summed E-state index contributed by atoms with van der Waals surface area (Å²) in [5, 5.41) is 1.18. The number of pyridine rings is 1. The largest absolute Gasteiger partial charge is 0.335 e. The average Bonchev–Trinajstić information content (AvgIpc) is 2.96. The number of halogens is 3. The van der Waals surface area contributed by atoms with Crippen LogP contribution in [0.5, 0.6) is 0 Å². The number of benzene rings is 1. The van der Waals surface area contributed by atoms with Crippen molar-refractivity contribution in [1.29, 1.82) is 0 Å². The summed E-state index contributed by atoms with van der Waals surface area (Å²) in [6.45, 7) is 0.668. The van der Waals surface area contributed by atoms with Gasteiger partial charge in [0, 0.05) is 45.7 Å². The summed E-state index contributed by atoms with van der Waals surface area (Å²) in [6, 6.07) is 8.61. The highest BCUT2D eigenvalue weighted by Crippen LogP contribution is 2.39. The number of sulfonamides is 1. The minimum absolute atomic E-state index is 0.0122. The van der Waals surface area contributed by atoms with Crippen molar-refractivity contribution in [1.82, 2.24) is 14.2 Å². The van der Waals surface area contributed by atoms with Gasteiger partial charge in [0.2, 0.25) is 15.9 Å². The fraction of sp³-hybridized carbons (Fsp3) is 0.357. The van der Waals surface area contributed by atoms with E-state index < -0.39 is 22.1 Å². The van der Waals surface area contributed by atoms with Gasteiger partial charge in [0.15, 0.2) is 0 Å². The summed E-state index contributed by atoms with van der Waals surface area (Å²) >= 11 is 18.8. The highest BCUT2D eigenvalue weighted by atomic mass is 35.5. The topological polar surface area (TPSA) is 70.6 Å². The van der Waals surface area contributed by atoms with Crippen molar-refractivity contribution in [3.05, 3.63) is 93.7 Å². The molecule has 2 bridgehead atoms. The molecule has 1 amide bonds. The van der Waals surface area contributed by atoms with Gasteiger partial charge in [-0.2, -0.15) is 4.31 Å². The molecule has 0 radical (unpaired) electrons. The van der Waals surface area contributed by atoms with Crippen molar-refractivity contribution in [2.75, 3.05) is 6.54 Å². The Labute approximate surface area is 238 Å². The first kappa shape index (κ1) is 27.4. The number of fused-ring (bicyclic) bond motifs is 2. The molecule has 38 heavy (non-hydrogen) atoms. The number of allylic oxidation sites excluding steroid dienone is 5. The highest BCUT2D eigenvalue weighted by Gasteiger charge is 2.49. The van der Waals surface area contributed by atoms with Gasteiger partial charge in [-0.1, -0.05) is 71.2 Å². The fourth-order valence-electron chi connectivity index (χ4n) is 5.53. The first-order valence-electron chi connectivity index (χ1n) is 12.6. The number of nitrogens with zero attached hydrogens (tertiary/aromatic N) is 3. The van der Waals surface area contributed by atoms with Crippen molar-refractivity contribution in [2.45, 2.75) is 49.2 Å². The van der Waals surface area contributed by atoms with Gasteiger partial charge in [-0.15, -0.1) is 0 Å². The van der Waals surface area contributed by atoms with Gasteiger partial charge in [-0.25, -0.2) is 8.42 Å². The SMILES string of the molecule is O=C1[C@@H]2CCC[C@H]([C@@H](/C=C/C3C=CCC=C3Cl)CN1Cc1ccccn1)N2S(=O)(=O)c1cc(Cl)cc(Cl)c1. The molecular weight excluding hydrogens is 565 g/mol. The second-order valence-corrected chi connectivity index (χ2v) is 13.0. The molecule has 200 valence electrons. The van der Waals surface area contributed by atoms with E-state index in [1.807, 2.05) is 42.5 Å². The molecule has 0 spiro atoms. The highest BCUT2D eigenvalue weighted by molar-refractivity contribution is 7.89. The van der Waals surface area contributed by atoms with Gasteiger partial charge in [-0.05, 0) is 56.0 Å². The van der Waals surface area contributed by atoms with Crippen LogP contribution in [0, 0.1) is 11.8 Å². The average molecular weight is 593 g/mol. The summed E-state index contributed by atoms with van der Waals surface area (Å²) in [5.41, 5.74) is 0.747. The molecule has 4 atom stereocenters. The van der Waals surface area contributed by atoms with Gasteiger partial charge in [-0.3, -0.25) is 9.78 Å². The molecule has 0 N–H and O–H groups in total. The smallest absolute Gasteiger partial charge is 0.244 e. The molecule has 2 aliphatic heterocycles. The Kier molecular flexibility index (Phi) is 8.31. The van der Waals surface area contributed by atoms with E-state index in [1.54, 1.807) is 11.1 Å². The fourth-order valence-corrected chi connectivity index (χ4v) is 8.37. The molecule has 10 heteroatoms. The summed E-state index contributed by atoms with van der Waals surface area (Å²) in [5.74, 6) is -0.551. The second kappa shape index (κ2) is 11.5. The second-order valence-electron chi connectivity index (χ2n) is 9.82. The Balaban J connectivity index is 1.57. The maximum Gasteiger partial charge on any atom is 0.244 e. The number of hydrogen-bond acceptors (Lipinski definition) is 4. The Hall–Kier alpha value is -2.16. The summed E-state index contributed by atoms with van der Waals surface area (Å²) in [4.78, 5) is 20.1. The lowest BCUT2D eigenvalue weighted by atomic mass is 9.89. The molecular formula is C28H28Cl3N3O3S. The summed E-state index contributed by atoms with van der Waals surface area (Å²) in [7, 11) is -4.09. The Morgan fingerprint density at radius 1 is 1.05 bits per heavy atom. The normalized spacial score (nSPS) is 26.4. The molecule has 2 aromatic rings. The lowest BCUT2D eigenvalue weighted by Crippen LogP contribution is -2.54. The maximum absolute atomic E-state index is 14.1. The number of rotatable bonds is 6. The van der Waals surface area contributed by atoms with Crippen LogP contribution in [0.3, 0.4) is 0 Å². The Bertz CT molecular complexity index is 1370. The molecule has 1 aliphatic carbocycles. The first-order valence-corrected chi connectivity index (χ1v) is 15.2. The van der Waals surface area contributed by atoms with E-state index in [-0.39, 0.29) is 32.7 Å². The van der Waals surface area contributed by atoms with Gasteiger partial charge >= 0.3 is 0 Å². The van der Waals surface area contributed by atoms with Crippen LogP contribution < -0.4 is 0 Å². The third-order valence-electron chi connectivity index (χ3n) is 7.30. The minimum atomic E-state index is -4.09. The van der Waals surface area contributed by atoms with Crippen molar-refractivity contribution < 1.29 is 13.2 Å². The van der Waals surface area contributed by atoms with Crippen LogP contribution in [0.25, 0.3) is 0 Å². The van der Waals surface area contributed by atoms with Crippen molar-refractivity contribution in [3.8, 4) is 0 Å². The van der Waals surface area contributed by atoms with Crippen LogP contribution in [-0.4, -0.2) is 47.1 Å². The maximum atomic E-state index is 14.1. The zero-order valence-corrected chi connectivity index (χ0v) is 23.7. The van der Waals surface area contributed by atoms with Gasteiger partial charge in [0.25, 0.3) is 0 Å². The van der Waals surface area contributed by atoms with E-state index in [1.165, 1.54) is 22.5 Å². The third kappa shape index (κ3) is 5.73. The number of hydrogen-bond donors (Lipinski definition) is 0. The summed E-state index contributed by atoms with van der Waals surface area (Å²) in [6.07, 6.45) is 14.4. The van der Waals surface area contributed by atoms with Crippen LogP contribution in [0.15, 0.2) is 82.9 Å². The van der Waals surface area contributed by atoms with Crippen LogP contribution in [-0.2, 0) is 21.4 Å². The van der Waals surface area contributed by atoms with E-state index in [2.05, 4.69) is 11.1 Å². The minimum Gasteiger partial charge on any atom is -0.335 e. The standard InChI is InChI=1S/C28H28Cl3N3O3S/c29-21-14-22(30)16-24(15-21)38(36,37)34-26-9-5-10-27(34)28(35)33(18-23-7-3-4-13-32-23)17-20(26)12-11-19-6-1-2-8-25(19)31/h1,3-4,6-8,11-16,19-20,26-27H,2,5,9-10,17-18H2/b12-11+/t19?,20-,26+,27-/m0/s1. The Morgan fingerprint density at radius 2 is 1.84 bits per heavy atom. The predicted octanol–water partition coefficient (Wildman–Crippen LogP) is 6.21. The molecule has 6 nitrogen and oxygen atoms in total. The van der Waals surface area contributed by atoms with Crippen molar-refractivity contribution in [2.24, 2.45) is 11.8 Å². The van der Waals surface area contributed by atoms with E-state index in [9.17, 15) is 13.2 Å². The van der Waals surface area contributed by atoms with E-state index >= 15 is 0 Å². The van der Waals surface area contributed by atoms with Gasteiger partial charge in [0.1, 0.15) is 6.04 Å². The zero-order chi connectivity index (χ0) is 26.9. The van der Waals surface area contributed by atoms with Crippen LogP contribution in [0.4, 0.5) is 0 Å². The van der Waals surface area contributed by atoms with Crippen molar-refractivity contribution in [3.63, 3.8) is 0 Å². The molecule has 1 unspecified atom stereocenters. The molecule has 2 saturated heterocycles. The monoisotopic (exact) mass is 591 g/mol. The molecule has 2 fully saturated rings. The van der Waals surface area contributed by atoms with Gasteiger partial charge in [0.05, 0.1) is 17.1 Å². The van der Waals surface area contributed by atoms with Crippen LogP contribution >= 0.6 is 34.8 Å². The molecule has 3 heterocycles. The number of carbonyl (C=O) groups excluding carboxylic acids is 1. The molecule has 3 aliphatic rings. The summed E-state index contributed by atoms with van der Waals surface area (Å²) < 4.78 is 29.7. The number of carbonyl (C=O) groups is 1. The van der Waals surface area contributed by atoms with E-state index in [0.717, 1.165) is 23.6 Å². The number of piperidine rings is 1. The lowest BCUT2D eigenvalue weighted by Gasteiger charge is -2.40. The molecule has 0 saturated carbocycles. The Morgan fingerprint density at radius 3 is 2.55 bits per heavy atom. The van der Waals surface area contributed by atoms with Crippen molar-refractivity contribution >= 4 is 50.7 Å². The number of amides is 1. The quantitative estimate of drug-likeness (QED) is 0.374. The van der Waals surface area contributed by atoms with Crippen LogP contribution in [0.2, 0.25) is 10.0 Å². The van der Waals surface area contributed by atoms with E-state index in [4.69, 9.17) is 34.8 Å². The predicted molar refractivity (Wildman–Crippen MR) is 150 cm³/mol. The van der Waals surface area contributed by atoms with Gasteiger partial charge < -0.3 is 4.90 Å². The third-order valence-corrected chi connectivity index (χ3v) is 10.1. The zero-order valence-electron chi connectivity index (χ0n) is 20.6. The molecule has 5 rings (SSSR count). The first-order chi connectivity index (χ1) is 18.2.